The van der Waals surface area contributed by atoms with Crippen LogP contribution in [0.3, 0.4) is 0 Å². The first kappa shape index (κ1) is 7.96. The van der Waals surface area contributed by atoms with E-state index >= 15 is 0 Å². The van der Waals surface area contributed by atoms with Crippen LogP contribution in [0.2, 0.25) is 0 Å². The number of fused-ring (bicyclic) bond motifs is 5. The van der Waals surface area contributed by atoms with Gasteiger partial charge in [-0.2, -0.15) is 0 Å². The summed E-state index contributed by atoms with van der Waals surface area (Å²) in [6.45, 7) is 0. The Kier molecular flexibility index (Phi) is 1.51. The minimum atomic E-state index is 0.898. The highest BCUT2D eigenvalue weighted by Gasteiger charge is 2.56. The molecule has 4 aliphatic carbocycles. The normalized spacial score (nSPS) is 55.0. The van der Waals surface area contributed by atoms with Gasteiger partial charge >= 0.3 is 0 Å². The Morgan fingerprint density at radius 1 is 0.929 bits per heavy atom. The summed E-state index contributed by atoms with van der Waals surface area (Å²) in [4.78, 5) is 0. The summed E-state index contributed by atoms with van der Waals surface area (Å²) in [5.41, 5.74) is 0. The van der Waals surface area contributed by atoms with E-state index in [1.54, 1.807) is 5.92 Å². The van der Waals surface area contributed by atoms with E-state index in [9.17, 15) is 0 Å². The summed E-state index contributed by atoms with van der Waals surface area (Å²) in [5.74, 6) is 6.44. The number of allylic oxidation sites excluding steroid dienone is 2. The van der Waals surface area contributed by atoms with E-state index in [0.29, 0.717) is 0 Å². The van der Waals surface area contributed by atoms with Crippen LogP contribution in [0.25, 0.3) is 0 Å². The van der Waals surface area contributed by atoms with Crippen LogP contribution in [0.15, 0.2) is 12.2 Å². The van der Waals surface area contributed by atoms with E-state index in [2.05, 4.69) is 37.8 Å². The third-order valence-electron chi connectivity index (χ3n) is 4.80. The van der Waals surface area contributed by atoms with Gasteiger partial charge in [-0.15, -0.1) is 0 Å². The van der Waals surface area contributed by atoms with Crippen molar-refractivity contribution in [2.24, 2.45) is 29.6 Å². The van der Waals surface area contributed by atoms with E-state index in [4.69, 9.17) is 0 Å². The Morgan fingerprint density at radius 2 is 1.71 bits per heavy atom. The minimum Gasteiger partial charge on any atom is -0.0848 e. The third-order valence-corrected chi connectivity index (χ3v) is 4.80. The molecule has 0 aromatic heterocycles. The fraction of sp³-hybridized carbons (Fsp3) is 0.500. The molecular weight excluding hydrogens is 168 g/mol. The lowest BCUT2D eigenvalue weighted by atomic mass is 9.56. The largest absolute Gasteiger partial charge is 0.0848 e. The summed E-state index contributed by atoms with van der Waals surface area (Å²) in [7, 11) is 0. The molecule has 14 heavy (non-hydrogen) atoms. The summed E-state index contributed by atoms with van der Waals surface area (Å²) in [5, 5.41) is 0. The standard InChI is InChI=1S/C14H15/c1-2-4-9(3-1)12-8-13-10-5-6-11(7-10)14(12)13/h1-6,10-14H,7-8H2/t10-,11+,12+,13+,14+/m1/s1. The van der Waals surface area contributed by atoms with Crippen molar-refractivity contribution in [2.45, 2.75) is 12.8 Å². The average Bonchev–Trinajstić information content (AvgIpc) is 2.77. The first-order chi connectivity index (χ1) is 6.93. The number of hydrogen-bond acceptors (Lipinski definition) is 0. The maximum atomic E-state index is 2.49. The molecule has 71 valence electrons. The van der Waals surface area contributed by atoms with E-state index in [1.165, 1.54) is 12.8 Å². The Labute approximate surface area is 86.8 Å². The molecule has 0 unspecified atom stereocenters. The predicted molar refractivity (Wildman–Crippen MR) is 56.3 cm³/mol. The Hall–Kier alpha value is -0.260. The quantitative estimate of drug-likeness (QED) is 0.548. The van der Waals surface area contributed by atoms with Crippen molar-refractivity contribution >= 4 is 0 Å². The maximum Gasteiger partial charge on any atom is -0.0133 e. The molecular formula is C14H15. The van der Waals surface area contributed by atoms with Crippen molar-refractivity contribution in [1.29, 1.82) is 0 Å². The zero-order valence-electron chi connectivity index (χ0n) is 8.27. The van der Waals surface area contributed by atoms with Crippen molar-refractivity contribution < 1.29 is 0 Å². The van der Waals surface area contributed by atoms with E-state index in [0.717, 1.165) is 29.6 Å². The van der Waals surface area contributed by atoms with Crippen molar-refractivity contribution in [1.82, 2.24) is 0 Å². The molecule has 0 heterocycles. The van der Waals surface area contributed by atoms with Gasteiger partial charge in [0.2, 0.25) is 0 Å². The summed E-state index contributed by atoms with van der Waals surface area (Å²) in [6.07, 6.45) is 16.9. The second kappa shape index (κ2) is 2.65. The molecule has 0 heteroatoms. The van der Waals surface area contributed by atoms with Crippen molar-refractivity contribution in [3.8, 4) is 0 Å². The van der Waals surface area contributed by atoms with Gasteiger partial charge in [0.15, 0.2) is 0 Å². The molecule has 0 N–H and O–H groups in total. The highest BCUT2D eigenvalue weighted by molar-refractivity contribution is 5.40. The minimum absolute atomic E-state index is 0.898. The Balaban J connectivity index is 1.55. The summed E-state index contributed by atoms with van der Waals surface area (Å²) >= 11 is 0. The second-order valence-electron chi connectivity index (χ2n) is 5.25. The molecule has 3 fully saturated rings. The van der Waals surface area contributed by atoms with Gasteiger partial charge in [0, 0.05) is 0 Å². The van der Waals surface area contributed by atoms with Crippen LogP contribution in [-0.2, 0) is 0 Å². The van der Waals surface area contributed by atoms with Gasteiger partial charge in [0.25, 0.3) is 0 Å². The van der Waals surface area contributed by atoms with Crippen LogP contribution in [0, 0.1) is 61.2 Å². The van der Waals surface area contributed by atoms with Crippen molar-refractivity contribution in [2.75, 3.05) is 0 Å². The van der Waals surface area contributed by atoms with Gasteiger partial charge in [-0.3, -0.25) is 0 Å². The molecule has 0 nitrogen and oxygen atoms in total. The van der Waals surface area contributed by atoms with Crippen LogP contribution < -0.4 is 0 Å². The summed E-state index contributed by atoms with van der Waals surface area (Å²) < 4.78 is 0. The fourth-order valence-electron chi connectivity index (χ4n) is 4.14. The lowest BCUT2D eigenvalue weighted by Gasteiger charge is -2.48. The molecule has 0 aliphatic heterocycles. The zero-order chi connectivity index (χ0) is 9.12. The average molecular weight is 183 g/mol. The topological polar surface area (TPSA) is 0 Å². The smallest absolute Gasteiger partial charge is 0.0133 e. The maximum absolute atomic E-state index is 2.49. The van der Waals surface area contributed by atoms with Gasteiger partial charge in [-0.05, 0) is 74.0 Å². The molecule has 4 aliphatic rings. The van der Waals surface area contributed by atoms with Gasteiger partial charge in [-0.25, -0.2) is 0 Å². The monoisotopic (exact) mass is 183 g/mol. The molecule has 0 aromatic carbocycles. The molecule has 0 aromatic rings. The Bertz CT molecular complexity index is 272. The van der Waals surface area contributed by atoms with Gasteiger partial charge in [0.1, 0.15) is 0 Å². The van der Waals surface area contributed by atoms with Crippen LogP contribution in [0.5, 0.6) is 0 Å². The van der Waals surface area contributed by atoms with Crippen LogP contribution in [-0.4, -0.2) is 0 Å². The van der Waals surface area contributed by atoms with Crippen LogP contribution in [0.1, 0.15) is 12.8 Å². The second-order valence-corrected chi connectivity index (χ2v) is 5.25. The molecule has 4 rings (SSSR count). The van der Waals surface area contributed by atoms with E-state index < -0.39 is 0 Å². The highest BCUT2D eigenvalue weighted by Crippen LogP contribution is 2.64. The fourth-order valence-corrected chi connectivity index (χ4v) is 4.14. The molecule has 0 saturated heterocycles. The Morgan fingerprint density at radius 3 is 2.50 bits per heavy atom. The number of hydrogen-bond donors (Lipinski definition) is 0. The lowest BCUT2D eigenvalue weighted by molar-refractivity contribution is 0.0777. The third kappa shape index (κ3) is 0.857. The highest BCUT2D eigenvalue weighted by atomic mass is 14.6. The van der Waals surface area contributed by atoms with Crippen molar-refractivity contribution in [3.05, 3.63) is 43.8 Å². The first-order valence-electron chi connectivity index (χ1n) is 5.83. The van der Waals surface area contributed by atoms with Gasteiger partial charge in [0.05, 0.1) is 0 Å². The van der Waals surface area contributed by atoms with Gasteiger partial charge < -0.3 is 0 Å². The first-order valence-corrected chi connectivity index (χ1v) is 5.83. The molecule has 5 radical (unpaired) electrons. The molecule has 0 spiro atoms. The SMILES string of the molecule is [CH]1[CH][CH][C]([C@@H]2C[C@@H]3[C@H]2[C@H]2C=C[C@@H]3C2)[CH]1. The van der Waals surface area contributed by atoms with Crippen molar-refractivity contribution in [3.63, 3.8) is 0 Å². The summed E-state index contributed by atoms with van der Waals surface area (Å²) in [6, 6.07) is 0. The van der Waals surface area contributed by atoms with Crippen LogP contribution >= 0.6 is 0 Å². The molecule has 5 atom stereocenters. The van der Waals surface area contributed by atoms with Crippen LogP contribution in [0.4, 0.5) is 0 Å². The van der Waals surface area contributed by atoms with E-state index in [1.807, 2.05) is 0 Å². The zero-order valence-corrected chi connectivity index (χ0v) is 8.27. The molecule has 0 amide bonds. The predicted octanol–water partition coefficient (Wildman–Crippen LogP) is 2.85. The lowest BCUT2D eigenvalue weighted by Crippen LogP contribution is -2.42. The van der Waals surface area contributed by atoms with Gasteiger partial charge in [-0.1, -0.05) is 12.2 Å². The molecule has 3 saturated carbocycles. The van der Waals surface area contributed by atoms with E-state index in [-0.39, 0.29) is 0 Å². The number of rotatable bonds is 1. The molecule has 2 bridgehead atoms.